The third kappa shape index (κ3) is 3.60. The van der Waals surface area contributed by atoms with E-state index in [1.165, 1.54) is 19.3 Å². The summed E-state index contributed by atoms with van der Waals surface area (Å²) in [7, 11) is 0. The Balaban J connectivity index is 2.13. The largest absolute Gasteiger partial charge is 0.399 e. The Labute approximate surface area is 122 Å². The van der Waals surface area contributed by atoms with Crippen LogP contribution in [0.25, 0.3) is 0 Å². The van der Waals surface area contributed by atoms with Crippen molar-refractivity contribution in [3.05, 3.63) is 27.3 Å². The van der Waals surface area contributed by atoms with Gasteiger partial charge in [0.1, 0.15) is 0 Å². The first-order valence-electron chi connectivity index (χ1n) is 6.52. The molecule has 2 rings (SSSR count). The van der Waals surface area contributed by atoms with Gasteiger partial charge in [-0.25, -0.2) is 0 Å². The standard InChI is InChI=1S/C14H19IN2O/c15-12-8-11(9-13(16)10-12)14(18)17-6-4-2-1-3-5-7-17/h8-10H,1-7,16H2. The molecular formula is C14H19IN2O. The topological polar surface area (TPSA) is 46.3 Å². The van der Waals surface area contributed by atoms with Gasteiger partial charge in [0.25, 0.3) is 5.91 Å². The number of carbonyl (C=O) groups is 1. The molecule has 1 saturated heterocycles. The van der Waals surface area contributed by atoms with Crippen molar-refractivity contribution < 1.29 is 4.79 Å². The zero-order valence-electron chi connectivity index (χ0n) is 10.5. The zero-order chi connectivity index (χ0) is 13.0. The number of hydrogen-bond acceptors (Lipinski definition) is 2. The second kappa shape index (κ2) is 6.41. The van der Waals surface area contributed by atoms with Gasteiger partial charge in [-0.15, -0.1) is 0 Å². The van der Waals surface area contributed by atoms with E-state index in [9.17, 15) is 4.79 Å². The molecule has 1 aromatic carbocycles. The number of rotatable bonds is 1. The van der Waals surface area contributed by atoms with Crippen LogP contribution < -0.4 is 5.73 Å². The number of carbonyl (C=O) groups excluding carboxylic acids is 1. The van der Waals surface area contributed by atoms with Gasteiger partial charge < -0.3 is 10.6 Å². The van der Waals surface area contributed by atoms with Crippen molar-refractivity contribution in [2.45, 2.75) is 32.1 Å². The summed E-state index contributed by atoms with van der Waals surface area (Å²) in [5.41, 5.74) is 7.19. The number of nitrogens with zero attached hydrogens (tertiary/aromatic N) is 1. The molecule has 1 heterocycles. The molecule has 0 saturated carbocycles. The summed E-state index contributed by atoms with van der Waals surface area (Å²) in [4.78, 5) is 14.4. The highest BCUT2D eigenvalue weighted by Gasteiger charge is 2.17. The lowest BCUT2D eigenvalue weighted by Crippen LogP contribution is -2.33. The highest BCUT2D eigenvalue weighted by Crippen LogP contribution is 2.18. The van der Waals surface area contributed by atoms with E-state index in [1.807, 2.05) is 17.0 Å². The fraction of sp³-hybridized carbons (Fsp3) is 0.500. The summed E-state index contributed by atoms with van der Waals surface area (Å²) in [6.07, 6.45) is 6.00. The average Bonchev–Trinajstić information content (AvgIpc) is 2.26. The minimum atomic E-state index is 0.127. The van der Waals surface area contributed by atoms with E-state index in [0.717, 1.165) is 35.1 Å². The van der Waals surface area contributed by atoms with Gasteiger partial charge in [0.2, 0.25) is 0 Å². The molecule has 0 radical (unpaired) electrons. The first-order chi connectivity index (χ1) is 8.66. The van der Waals surface area contributed by atoms with Crippen molar-refractivity contribution in [1.29, 1.82) is 0 Å². The molecule has 0 aliphatic carbocycles. The summed E-state index contributed by atoms with van der Waals surface area (Å²) in [5, 5.41) is 0. The molecule has 98 valence electrons. The number of halogens is 1. The van der Waals surface area contributed by atoms with E-state index in [-0.39, 0.29) is 5.91 Å². The Kier molecular flexibility index (Phi) is 4.86. The lowest BCUT2D eigenvalue weighted by molar-refractivity contribution is 0.0742. The van der Waals surface area contributed by atoms with E-state index in [4.69, 9.17) is 5.73 Å². The summed E-state index contributed by atoms with van der Waals surface area (Å²) < 4.78 is 1.02. The molecule has 1 fully saturated rings. The number of likely N-dealkylation sites (tertiary alicyclic amines) is 1. The third-order valence-corrected chi connectivity index (χ3v) is 3.93. The molecule has 18 heavy (non-hydrogen) atoms. The predicted octanol–water partition coefficient (Wildman–Crippen LogP) is 3.28. The predicted molar refractivity (Wildman–Crippen MR) is 82.6 cm³/mol. The Morgan fingerprint density at radius 3 is 2.28 bits per heavy atom. The van der Waals surface area contributed by atoms with Crippen molar-refractivity contribution in [1.82, 2.24) is 4.90 Å². The number of amides is 1. The summed E-state index contributed by atoms with van der Waals surface area (Å²) in [6.45, 7) is 1.76. The maximum atomic E-state index is 12.4. The molecule has 3 nitrogen and oxygen atoms in total. The van der Waals surface area contributed by atoms with Crippen molar-refractivity contribution >= 4 is 34.2 Å². The molecule has 0 spiro atoms. The van der Waals surface area contributed by atoms with Gasteiger partial charge in [0.05, 0.1) is 0 Å². The fourth-order valence-electron chi connectivity index (χ4n) is 2.37. The summed E-state index contributed by atoms with van der Waals surface area (Å²) in [6, 6.07) is 5.58. The van der Waals surface area contributed by atoms with Crippen molar-refractivity contribution in [2.75, 3.05) is 18.8 Å². The molecule has 1 amide bonds. The van der Waals surface area contributed by atoms with Crippen molar-refractivity contribution in [2.24, 2.45) is 0 Å². The summed E-state index contributed by atoms with van der Waals surface area (Å²) >= 11 is 2.20. The van der Waals surface area contributed by atoms with Gasteiger partial charge in [-0.3, -0.25) is 4.79 Å². The SMILES string of the molecule is Nc1cc(I)cc(C(=O)N2CCCCCCC2)c1. The molecular weight excluding hydrogens is 339 g/mol. The van der Waals surface area contributed by atoms with E-state index in [0.29, 0.717) is 5.69 Å². The highest BCUT2D eigenvalue weighted by molar-refractivity contribution is 14.1. The minimum Gasteiger partial charge on any atom is -0.399 e. The first-order valence-corrected chi connectivity index (χ1v) is 7.60. The van der Waals surface area contributed by atoms with Gasteiger partial charge in [-0.2, -0.15) is 0 Å². The Morgan fingerprint density at radius 1 is 1.06 bits per heavy atom. The second-order valence-corrected chi connectivity index (χ2v) is 6.08. The Hall–Kier alpha value is -0.780. The van der Waals surface area contributed by atoms with E-state index < -0.39 is 0 Å². The maximum Gasteiger partial charge on any atom is 0.253 e. The van der Waals surface area contributed by atoms with Crippen LogP contribution >= 0.6 is 22.6 Å². The average molecular weight is 358 g/mol. The molecule has 0 aromatic heterocycles. The molecule has 0 bridgehead atoms. The van der Waals surface area contributed by atoms with Crippen LogP contribution in [0.5, 0.6) is 0 Å². The normalized spacial score (nSPS) is 17.1. The molecule has 2 N–H and O–H groups in total. The van der Waals surface area contributed by atoms with Gasteiger partial charge in [-0.1, -0.05) is 19.3 Å². The summed E-state index contributed by atoms with van der Waals surface area (Å²) in [5.74, 6) is 0.127. The van der Waals surface area contributed by atoms with E-state index in [2.05, 4.69) is 22.6 Å². The number of nitrogens with two attached hydrogens (primary N) is 1. The van der Waals surface area contributed by atoms with Crippen LogP contribution in [0.15, 0.2) is 18.2 Å². The molecule has 0 atom stereocenters. The van der Waals surface area contributed by atoms with Crippen molar-refractivity contribution in [3.63, 3.8) is 0 Å². The zero-order valence-corrected chi connectivity index (χ0v) is 12.7. The molecule has 1 aliphatic rings. The highest BCUT2D eigenvalue weighted by atomic mass is 127. The molecule has 1 aliphatic heterocycles. The van der Waals surface area contributed by atoms with Gasteiger partial charge in [0, 0.05) is 27.9 Å². The van der Waals surface area contributed by atoms with Crippen LogP contribution in [-0.4, -0.2) is 23.9 Å². The Bertz CT molecular complexity index is 406. The van der Waals surface area contributed by atoms with Crippen molar-refractivity contribution in [3.8, 4) is 0 Å². The first kappa shape index (κ1) is 13.6. The number of benzene rings is 1. The molecule has 4 heteroatoms. The monoisotopic (exact) mass is 358 g/mol. The smallest absolute Gasteiger partial charge is 0.253 e. The fourth-order valence-corrected chi connectivity index (χ4v) is 3.06. The number of hydrogen-bond donors (Lipinski definition) is 1. The van der Waals surface area contributed by atoms with Crippen LogP contribution in [0.1, 0.15) is 42.5 Å². The van der Waals surface area contributed by atoms with E-state index in [1.54, 1.807) is 6.07 Å². The second-order valence-electron chi connectivity index (χ2n) is 4.83. The van der Waals surface area contributed by atoms with Gasteiger partial charge in [-0.05, 0) is 53.6 Å². The van der Waals surface area contributed by atoms with Gasteiger partial charge >= 0.3 is 0 Å². The minimum absolute atomic E-state index is 0.127. The van der Waals surface area contributed by atoms with Crippen LogP contribution in [0, 0.1) is 3.57 Å². The lowest BCUT2D eigenvalue weighted by Gasteiger charge is -2.25. The Morgan fingerprint density at radius 2 is 1.67 bits per heavy atom. The lowest BCUT2D eigenvalue weighted by atomic mass is 10.1. The molecule has 1 aromatic rings. The molecule has 0 unspecified atom stereocenters. The van der Waals surface area contributed by atoms with Crippen LogP contribution in [0.2, 0.25) is 0 Å². The van der Waals surface area contributed by atoms with Crippen LogP contribution in [-0.2, 0) is 0 Å². The number of nitrogen functional groups attached to an aromatic ring is 1. The van der Waals surface area contributed by atoms with Crippen LogP contribution in [0.3, 0.4) is 0 Å². The third-order valence-electron chi connectivity index (χ3n) is 3.31. The maximum absolute atomic E-state index is 12.4. The quantitative estimate of drug-likeness (QED) is 0.619. The van der Waals surface area contributed by atoms with Gasteiger partial charge in [0.15, 0.2) is 0 Å². The number of anilines is 1. The van der Waals surface area contributed by atoms with Crippen LogP contribution in [0.4, 0.5) is 5.69 Å². The van der Waals surface area contributed by atoms with E-state index >= 15 is 0 Å².